The molecule has 8 nitrogen and oxygen atoms in total. The quantitative estimate of drug-likeness (QED) is 0.406. The number of aryl methyl sites for hydroxylation is 1. The number of urea groups is 1. The molecule has 0 saturated heterocycles. The Labute approximate surface area is 196 Å². The van der Waals surface area contributed by atoms with Crippen molar-refractivity contribution in [1.82, 2.24) is 15.3 Å². The summed E-state index contributed by atoms with van der Waals surface area (Å²) in [5, 5.41) is 7.64. The Kier molecular flexibility index (Phi) is 6.24. The summed E-state index contributed by atoms with van der Waals surface area (Å²) in [6.45, 7) is 1.82. The standard InChI is InChI=1S/C20H15ClN4O4S3/c1-11-22-12(9-30-11)10-32(28,29)13-6-7-16-17(8-13)31-20(23-16)25-19(27)24-18(26)14-4-2-3-5-15(14)21/h2-9H,10H2,1H3,(H2,23,24,25,26,27). The van der Waals surface area contributed by atoms with E-state index in [0.717, 1.165) is 16.3 Å². The summed E-state index contributed by atoms with van der Waals surface area (Å²) < 4.78 is 26.1. The Morgan fingerprint density at radius 2 is 1.91 bits per heavy atom. The van der Waals surface area contributed by atoms with Crippen molar-refractivity contribution in [2.45, 2.75) is 17.6 Å². The predicted octanol–water partition coefficient (Wildman–Crippen LogP) is 4.65. The van der Waals surface area contributed by atoms with E-state index in [1.807, 2.05) is 6.92 Å². The first-order valence-electron chi connectivity index (χ1n) is 9.12. The number of nitrogens with one attached hydrogen (secondary N) is 2. The van der Waals surface area contributed by atoms with Crippen LogP contribution in [0.1, 0.15) is 21.1 Å². The van der Waals surface area contributed by atoms with E-state index in [1.165, 1.54) is 29.5 Å². The number of hydrogen-bond donors (Lipinski definition) is 2. The summed E-state index contributed by atoms with van der Waals surface area (Å²) in [5.41, 5.74) is 1.18. The topological polar surface area (TPSA) is 118 Å². The van der Waals surface area contributed by atoms with Crippen LogP contribution < -0.4 is 10.6 Å². The average Bonchev–Trinajstić information content (AvgIpc) is 3.31. The van der Waals surface area contributed by atoms with E-state index in [2.05, 4.69) is 20.6 Å². The zero-order valence-electron chi connectivity index (χ0n) is 16.5. The maximum absolute atomic E-state index is 12.7. The van der Waals surface area contributed by atoms with E-state index in [4.69, 9.17) is 11.6 Å². The van der Waals surface area contributed by atoms with Crippen molar-refractivity contribution < 1.29 is 18.0 Å². The number of imide groups is 1. The van der Waals surface area contributed by atoms with Crippen LogP contribution in [0.5, 0.6) is 0 Å². The monoisotopic (exact) mass is 506 g/mol. The van der Waals surface area contributed by atoms with Crippen LogP contribution in [0.4, 0.5) is 9.93 Å². The van der Waals surface area contributed by atoms with Crippen LogP contribution in [-0.2, 0) is 15.6 Å². The number of rotatable bonds is 5. The minimum absolute atomic E-state index is 0.143. The van der Waals surface area contributed by atoms with Crippen LogP contribution in [0, 0.1) is 6.92 Å². The Morgan fingerprint density at radius 1 is 1.12 bits per heavy atom. The molecule has 0 aliphatic carbocycles. The highest BCUT2D eigenvalue weighted by molar-refractivity contribution is 7.90. The number of hydrogen-bond acceptors (Lipinski definition) is 8. The lowest BCUT2D eigenvalue weighted by molar-refractivity contribution is 0.0967. The molecule has 0 spiro atoms. The van der Waals surface area contributed by atoms with Gasteiger partial charge in [0.05, 0.1) is 42.2 Å². The summed E-state index contributed by atoms with van der Waals surface area (Å²) >= 11 is 8.45. The molecule has 164 valence electrons. The molecule has 2 heterocycles. The average molecular weight is 507 g/mol. The van der Waals surface area contributed by atoms with Crippen molar-refractivity contribution >= 4 is 71.4 Å². The minimum Gasteiger partial charge on any atom is -0.283 e. The molecular formula is C20H15ClN4O4S3. The molecule has 4 rings (SSSR count). The maximum Gasteiger partial charge on any atom is 0.327 e. The molecule has 12 heteroatoms. The van der Waals surface area contributed by atoms with Gasteiger partial charge in [-0.15, -0.1) is 11.3 Å². The third-order valence-corrected chi connectivity index (χ3v) is 8.02. The Bertz CT molecular complexity index is 1450. The van der Waals surface area contributed by atoms with Gasteiger partial charge < -0.3 is 0 Å². The van der Waals surface area contributed by atoms with Crippen molar-refractivity contribution in [3.05, 3.63) is 69.1 Å². The third-order valence-electron chi connectivity index (χ3n) is 4.29. The van der Waals surface area contributed by atoms with Gasteiger partial charge in [0.15, 0.2) is 15.0 Å². The summed E-state index contributed by atoms with van der Waals surface area (Å²) in [4.78, 5) is 33.0. The summed E-state index contributed by atoms with van der Waals surface area (Å²) in [7, 11) is -3.59. The number of benzene rings is 2. The highest BCUT2D eigenvalue weighted by Gasteiger charge is 2.19. The summed E-state index contributed by atoms with van der Waals surface area (Å²) in [5.74, 6) is -0.848. The molecule has 32 heavy (non-hydrogen) atoms. The fourth-order valence-electron chi connectivity index (χ4n) is 2.85. The summed E-state index contributed by atoms with van der Waals surface area (Å²) in [6, 6.07) is 10.1. The molecule has 0 aliphatic rings. The molecule has 0 radical (unpaired) electrons. The molecular weight excluding hydrogens is 492 g/mol. The van der Waals surface area contributed by atoms with E-state index in [0.29, 0.717) is 15.9 Å². The van der Waals surface area contributed by atoms with Gasteiger partial charge in [0.2, 0.25) is 0 Å². The number of fused-ring (bicyclic) bond motifs is 1. The van der Waals surface area contributed by atoms with Gasteiger partial charge in [-0.3, -0.25) is 15.4 Å². The molecule has 0 bridgehead atoms. The zero-order valence-corrected chi connectivity index (χ0v) is 19.7. The van der Waals surface area contributed by atoms with Crippen molar-refractivity contribution in [3.8, 4) is 0 Å². The van der Waals surface area contributed by atoms with Crippen LogP contribution in [0.15, 0.2) is 52.7 Å². The predicted molar refractivity (Wildman–Crippen MR) is 125 cm³/mol. The molecule has 0 atom stereocenters. The fourth-order valence-corrected chi connectivity index (χ4v) is 6.04. The first kappa shape index (κ1) is 22.3. The Hall–Kier alpha value is -2.86. The zero-order chi connectivity index (χ0) is 22.9. The molecule has 0 unspecified atom stereocenters. The molecule has 2 aromatic carbocycles. The van der Waals surface area contributed by atoms with Gasteiger partial charge in [0.1, 0.15) is 0 Å². The normalized spacial score (nSPS) is 11.4. The van der Waals surface area contributed by atoms with E-state index in [-0.39, 0.29) is 26.4 Å². The SMILES string of the molecule is Cc1nc(CS(=O)(=O)c2ccc3nc(NC(=O)NC(=O)c4ccccc4Cl)sc3c2)cs1. The van der Waals surface area contributed by atoms with Gasteiger partial charge in [-0.2, -0.15) is 0 Å². The van der Waals surface area contributed by atoms with Crippen LogP contribution in [0.25, 0.3) is 10.2 Å². The number of nitrogens with zero attached hydrogens (tertiary/aromatic N) is 2. The third kappa shape index (κ3) is 4.96. The molecule has 2 aromatic heterocycles. The molecule has 0 aliphatic heterocycles. The fraction of sp³-hybridized carbons (Fsp3) is 0.100. The van der Waals surface area contributed by atoms with Crippen molar-refractivity contribution in [1.29, 1.82) is 0 Å². The van der Waals surface area contributed by atoms with Gasteiger partial charge in [-0.25, -0.2) is 23.2 Å². The second-order valence-electron chi connectivity index (χ2n) is 6.65. The number of thiazole rings is 2. The minimum atomic E-state index is -3.59. The lowest BCUT2D eigenvalue weighted by Crippen LogP contribution is -2.34. The molecule has 0 saturated carbocycles. The maximum atomic E-state index is 12.7. The first-order chi connectivity index (χ1) is 15.2. The molecule has 3 amide bonds. The highest BCUT2D eigenvalue weighted by atomic mass is 35.5. The van der Waals surface area contributed by atoms with Crippen LogP contribution >= 0.6 is 34.3 Å². The molecule has 4 aromatic rings. The summed E-state index contributed by atoms with van der Waals surface area (Å²) in [6.07, 6.45) is 0. The van der Waals surface area contributed by atoms with Crippen molar-refractivity contribution in [2.75, 3.05) is 5.32 Å². The number of carbonyl (C=O) groups is 2. The second kappa shape index (κ2) is 8.94. The number of carbonyl (C=O) groups excluding carboxylic acids is 2. The van der Waals surface area contributed by atoms with E-state index in [1.54, 1.807) is 29.6 Å². The largest absolute Gasteiger partial charge is 0.327 e. The van der Waals surface area contributed by atoms with Gasteiger partial charge in [-0.1, -0.05) is 35.1 Å². The van der Waals surface area contributed by atoms with E-state index < -0.39 is 21.8 Å². The number of amides is 3. The van der Waals surface area contributed by atoms with Crippen LogP contribution in [0.3, 0.4) is 0 Å². The van der Waals surface area contributed by atoms with Gasteiger partial charge in [-0.05, 0) is 37.3 Å². The van der Waals surface area contributed by atoms with Crippen molar-refractivity contribution in [2.24, 2.45) is 0 Å². The number of anilines is 1. The molecule has 0 fully saturated rings. The van der Waals surface area contributed by atoms with Gasteiger partial charge in [0.25, 0.3) is 5.91 Å². The van der Waals surface area contributed by atoms with Crippen LogP contribution in [0.2, 0.25) is 5.02 Å². The smallest absolute Gasteiger partial charge is 0.283 e. The Morgan fingerprint density at radius 3 is 2.62 bits per heavy atom. The Balaban J connectivity index is 1.48. The van der Waals surface area contributed by atoms with Gasteiger partial charge >= 0.3 is 6.03 Å². The first-order valence-corrected chi connectivity index (χ1v) is 12.8. The van der Waals surface area contributed by atoms with E-state index in [9.17, 15) is 18.0 Å². The number of halogens is 1. The number of sulfone groups is 1. The molecule has 2 N–H and O–H groups in total. The van der Waals surface area contributed by atoms with Crippen molar-refractivity contribution in [3.63, 3.8) is 0 Å². The lowest BCUT2D eigenvalue weighted by atomic mass is 10.2. The van der Waals surface area contributed by atoms with Gasteiger partial charge in [0, 0.05) is 5.38 Å². The van der Waals surface area contributed by atoms with E-state index >= 15 is 0 Å². The van der Waals surface area contributed by atoms with Crippen LogP contribution in [-0.4, -0.2) is 30.3 Å². The highest BCUT2D eigenvalue weighted by Crippen LogP contribution is 2.29. The number of aromatic nitrogens is 2. The second-order valence-corrected chi connectivity index (χ2v) is 11.1. The lowest BCUT2D eigenvalue weighted by Gasteiger charge is -2.05.